The van der Waals surface area contributed by atoms with Gasteiger partial charge in [0.15, 0.2) is 0 Å². The third kappa shape index (κ3) is 3.58. The summed E-state index contributed by atoms with van der Waals surface area (Å²) in [7, 11) is 0. The number of nitrogens with zero attached hydrogens (tertiary/aromatic N) is 3. The first-order valence-corrected chi connectivity index (χ1v) is 9.79. The van der Waals surface area contributed by atoms with E-state index in [2.05, 4.69) is 44.2 Å². The van der Waals surface area contributed by atoms with Crippen molar-refractivity contribution in [3.63, 3.8) is 0 Å². The molecule has 2 heterocycles. The largest absolute Gasteiger partial charge is 0.378 e. The van der Waals surface area contributed by atoms with Crippen LogP contribution in [0.2, 0.25) is 0 Å². The van der Waals surface area contributed by atoms with Gasteiger partial charge in [0.25, 0.3) is 5.91 Å². The smallest absolute Gasteiger partial charge is 0.257 e. The number of ether oxygens (including phenoxy) is 1. The molecule has 28 heavy (non-hydrogen) atoms. The van der Waals surface area contributed by atoms with Gasteiger partial charge >= 0.3 is 0 Å². The molecule has 0 unspecified atom stereocenters. The molecule has 0 aliphatic carbocycles. The summed E-state index contributed by atoms with van der Waals surface area (Å²) in [6.07, 6.45) is 2.85. The van der Waals surface area contributed by atoms with Crippen LogP contribution < -0.4 is 0 Å². The molecular formula is C23H25N3O2. The summed E-state index contributed by atoms with van der Waals surface area (Å²) >= 11 is 0. The highest BCUT2D eigenvalue weighted by Gasteiger charge is 2.25. The average Bonchev–Trinajstić information content (AvgIpc) is 3.19. The number of benzene rings is 2. The van der Waals surface area contributed by atoms with E-state index in [-0.39, 0.29) is 5.91 Å². The third-order valence-corrected chi connectivity index (χ3v) is 5.24. The molecule has 0 spiro atoms. The fourth-order valence-corrected chi connectivity index (χ4v) is 3.52. The monoisotopic (exact) mass is 375 g/mol. The number of amides is 1. The van der Waals surface area contributed by atoms with Crippen molar-refractivity contribution in [3.8, 4) is 16.9 Å². The van der Waals surface area contributed by atoms with Gasteiger partial charge in [0.2, 0.25) is 0 Å². The summed E-state index contributed by atoms with van der Waals surface area (Å²) < 4.78 is 7.23. The summed E-state index contributed by atoms with van der Waals surface area (Å²) in [5.74, 6) is 0.0118. The van der Waals surface area contributed by atoms with E-state index in [9.17, 15) is 4.79 Å². The van der Waals surface area contributed by atoms with Gasteiger partial charge in [-0.2, -0.15) is 5.10 Å². The van der Waals surface area contributed by atoms with Crippen LogP contribution in [0.5, 0.6) is 0 Å². The average molecular weight is 375 g/mol. The van der Waals surface area contributed by atoms with Crippen LogP contribution in [0.1, 0.15) is 28.4 Å². The van der Waals surface area contributed by atoms with Gasteiger partial charge in [-0.15, -0.1) is 0 Å². The Morgan fingerprint density at radius 3 is 2.46 bits per heavy atom. The van der Waals surface area contributed by atoms with Crippen molar-refractivity contribution >= 4 is 5.91 Å². The van der Waals surface area contributed by atoms with Crippen molar-refractivity contribution in [1.29, 1.82) is 0 Å². The predicted molar refractivity (Wildman–Crippen MR) is 110 cm³/mol. The minimum Gasteiger partial charge on any atom is -0.378 e. The minimum atomic E-state index is 0.0118. The zero-order valence-electron chi connectivity index (χ0n) is 16.4. The van der Waals surface area contributed by atoms with Crippen LogP contribution in [-0.2, 0) is 11.2 Å². The number of carbonyl (C=O) groups excluding carboxylic acids is 1. The summed E-state index contributed by atoms with van der Waals surface area (Å²) in [6.45, 7) is 6.58. The lowest BCUT2D eigenvalue weighted by atomic mass is 10.0. The van der Waals surface area contributed by atoms with Crippen molar-refractivity contribution < 1.29 is 9.53 Å². The molecule has 5 nitrogen and oxygen atoms in total. The molecule has 2 aromatic carbocycles. The highest BCUT2D eigenvalue weighted by molar-refractivity contribution is 6.00. The Labute approximate surface area is 165 Å². The predicted octanol–water partition coefficient (Wildman–Crippen LogP) is 3.88. The molecule has 5 heteroatoms. The molecule has 1 amide bonds. The van der Waals surface area contributed by atoms with E-state index < -0.39 is 0 Å². The number of carbonyl (C=O) groups is 1. The number of hydrogen-bond donors (Lipinski definition) is 0. The van der Waals surface area contributed by atoms with Crippen molar-refractivity contribution in [1.82, 2.24) is 14.7 Å². The van der Waals surface area contributed by atoms with Gasteiger partial charge < -0.3 is 9.64 Å². The molecule has 3 aromatic rings. The molecular weight excluding hydrogens is 350 g/mol. The number of para-hydroxylation sites is 1. The van der Waals surface area contributed by atoms with Crippen LogP contribution in [0.4, 0.5) is 0 Å². The summed E-state index contributed by atoms with van der Waals surface area (Å²) in [4.78, 5) is 15.1. The van der Waals surface area contributed by atoms with Gasteiger partial charge in [-0.05, 0) is 30.5 Å². The summed E-state index contributed by atoms with van der Waals surface area (Å²) in [5, 5.41) is 4.82. The fraction of sp³-hybridized carbons (Fsp3) is 0.304. The molecule has 0 radical (unpaired) electrons. The highest BCUT2D eigenvalue weighted by atomic mass is 16.5. The zero-order valence-corrected chi connectivity index (χ0v) is 16.4. The summed E-state index contributed by atoms with van der Waals surface area (Å²) in [5.41, 5.74) is 5.68. The number of rotatable bonds is 4. The Hall–Kier alpha value is -2.92. The fourth-order valence-electron chi connectivity index (χ4n) is 3.52. The Kier molecular flexibility index (Phi) is 5.26. The lowest BCUT2D eigenvalue weighted by Gasteiger charge is -2.26. The zero-order chi connectivity index (χ0) is 19.5. The molecule has 144 valence electrons. The second-order valence-corrected chi connectivity index (χ2v) is 7.08. The van der Waals surface area contributed by atoms with Gasteiger partial charge in [-0.25, -0.2) is 4.68 Å². The molecule has 4 rings (SSSR count). The van der Waals surface area contributed by atoms with E-state index in [0.717, 1.165) is 28.9 Å². The lowest BCUT2D eigenvalue weighted by molar-refractivity contribution is 0.0303. The Morgan fingerprint density at radius 2 is 1.79 bits per heavy atom. The molecule has 1 aliphatic heterocycles. The van der Waals surface area contributed by atoms with Crippen LogP contribution in [-0.4, -0.2) is 46.9 Å². The van der Waals surface area contributed by atoms with Gasteiger partial charge in [0, 0.05) is 24.8 Å². The van der Waals surface area contributed by atoms with E-state index in [1.807, 2.05) is 34.0 Å². The Bertz CT molecular complexity index is 970. The van der Waals surface area contributed by atoms with Crippen molar-refractivity contribution in [3.05, 3.63) is 71.4 Å². The SMILES string of the molecule is CCc1ccc(-c2nn(-c3ccccc3C)cc2C(=O)N2CCOCC2)cc1. The van der Waals surface area contributed by atoms with E-state index in [1.54, 1.807) is 0 Å². The van der Waals surface area contributed by atoms with E-state index in [4.69, 9.17) is 9.84 Å². The van der Waals surface area contributed by atoms with E-state index >= 15 is 0 Å². The van der Waals surface area contributed by atoms with E-state index in [0.29, 0.717) is 31.9 Å². The first-order chi connectivity index (χ1) is 13.7. The second-order valence-electron chi connectivity index (χ2n) is 7.08. The van der Waals surface area contributed by atoms with Crippen molar-refractivity contribution in [2.75, 3.05) is 26.3 Å². The molecule has 0 saturated carbocycles. The van der Waals surface area contributed by atoms with E-state index in [1.165, 1.54) is 5.56 Å². The maximum absolute atomic E-state index is 13.3. The quantitative estimate of drug-likeness (QED) is 0.695. The normalized spacial score (nSPS) is 14.3. The maximum Gasteiger partial charge on any atom is 0.257 e. The Balaban J connectivity index is 1.79. The molecule has 1 aliphatic rings. The minimum absolute atomic E-state index is 0.0118. The summed E-state index contributed by atoms with van der Waals surface area (Å²) in [6, 6.07) is 16.4. The second kappa shape index (κ2) is 7.98. The van der Waals surface area contributed by atoms with Crippen molar-refractivity contribution in [2.45, 2.75) is 20.3 Å². The molecule has 0 bridgehead atoms. The molecule has 0 N–H and O–H groups in total. The first-order valence-electron chi connectivity index (χ1n) is 9.79. The first kappa shape index (κ1) is 18.4. The number of morpholine rings is 1. The molecule has 1 fully saturated rings. The van der Waals surface area contributed by atoms with Gasteiger partial charge in [0.1, 0.15) is 5.69 Å². The standard InChI is InChI=1S/C23H25N3O2/c1-3-18-8-10-19(11-9-18)22-20(23(27)25-12-14-28-15-13-25)16-26(24-22)21-7-5-4-6-17(21)2/h4-11,16H,3,12-15H2,1-2H3. The Morgan fingerprint density at radius 1 is 1.07 bits per heavy atom. The number of aryl methyl sites for hydroxylation is 2. The highest BCUT2D eigenvalue weighted by Crippen LogP contribution is 2.26. The third-order valence-electron chi connectivity index (χ3n) is 5.24. The van der Waals surface area contributed by atoms with Crippen molar-refractivity contribution in [2.24, 2.45) is 0 Å². The molecule has 1 aromatic heterocycles. The number of hydrogen-bond acceptors (Lipinski definition) is 3. The lowest BCUT2D eigenvalue weighted by Crippen LogP contribution is -2.40. The van der Waals surface area contributed by atoms with Gasteiger partial charge in [-0.3, -0.25) is 4.79 Å². The van der Waals surface area contributed by atoms with Gasteiger partial charge in [-0.1, -0.05) is 49.4 Å². The molecule has 0 atom stereocenters. The van der Waals surface area contributed by atoms with Crippen LogP contribution in [0, 0.1) is 6.92 Å². The number of aromatic nitrogens is 2. The topological polar surface area (TPSA) is 47.4 Å². The van der Waals surface area contributed by atoms with Crippen LogP contribution in [0.15, 0.2) is 54.7 Å². The van der Waals surface area contributed by atoms with Gasteiger partial charge in [0.05, 0.1) is 24.5 Å². The van der Waals surface area contributed by atoms with Crippen LogP contribution in [0.25, 0.3) is 16.9 Å². The maximum atomic E-state index is 13.3. The molecule has 1 saturated heterocycles. The van der Waals surface area contributed by atoms with Crippen LogP contribution in [0.3, 0.4) is 0 Å². The van der Waals surface area contributed by atoms with Crippen LogP contribution >= 0.6 is 0 Å².